The lowest BCUT2D eigenvalue weighted by molar-refractivity contribution is -0.133. The number of carbonyl (C=O) groups excluding carboxylic acids is 1. The minimum absolute atomic E-state index is 0.0134. The second-order valence-electron chi connectivity index (χ2n) is 10.1. The van der Waals surface area contributed by atoms with E-state index in [2.05, 4.69) is 4.72 Å². The number of aliphatic hydroxyl groups is 1. The van der Waals surface area contributed by atoms with Crippen molar-refractivity contribution in [3.05, 3.63) is 59.4 Å². The third-order valence-corrected chi connectivity index (χ3v) is 9.01. The molecule has 0 unspecified atom stereocenters. The van der Waals surface area contributed by atoms with Gasteiger partial charge in [0.05, 0.1) is 17.8 Å². The van der Waals surface area contributed by atoms with E-state index in [-0.39, 0.29) is 25.0 Å². The van der Waals surface area contributed by atoms with Crippen LogP contribution in [-0.4, -0.2) is 60.7 Å². The topological polar surface area (TPSA) is 86.7 Å². The Kier molecular flexibility index (Phi) is 8.30. The number of sulfonamides is 1. The maximum atomic E-state index is 15.7. The highest BCUT2D eigenvalue weighted by Gasteiger charge is 2.58. The number of carbonyl (C=O) groups is 1. The zero-order valence-electron chi connectivity index (χ0n) is 20.8. The van der Waals surface area contributed by atoms with Crippen LogP contribution >= 0.6 is 0 Å². The molecule has 0 spiro atoms. The smallest absolute Gasteiger partial charge is 0.283 e. The highest BCUT2D eigenvalue weighted by molar-refractivity contribution is 7.90. The number of unbranched alkanes of at least 4 members (excludes halogenated alkanes) is 2. The van der Waals surface area contributed by atoms with Gasteiger partial charge in [0.1, 0.15) is 11.9 Å². The van der Waals surface area contributed by atoms with Gasteiger partial charge in [-0.15, -0.1) is 0 Å². The number of rotatable bonds is 11. The van der Waals surface area contributed by atoms with Crippen LogP contribution in [0.3, 0.4) is 0 Å². The Morgan fingerprint density at radius 3 is 2.54 bits per heavy atom. The van der Waals surface area contributed by atoms with Gasteiger partial charge in [-0.05, 0) is 50.2 Å². The van der Waals surface area contributed by atoms with Crippen LogP contribution in [0.25, 0.3) is 11.1 Å². The molecule has 2 fully saturated rings. The zero-order chi connectivity index (χ0) is 26.8. The van der Waals surface area contributed by atoms with Crippen LogP contribution in [0.2, 0.25) is 0 Å². The number of halogens is 3. The summed E-state index contributed by atoms with van der Waals surface area (Å²) in [5, 5.41) is 8.25. The van der Waals surface area contributed by atoms with E-state index in [4.69, 9.17) is 5.11 Å². The first-order chi connectivity index (χ1) is 17.5. The van der Waals surface area contributed by atoms with Crippen molar-refractivity contribution in [2.45, 2.75) is 75.1 Å². The van der Waals surface area contributed by atoms with Crippen molar-refractivity contribution < 1.29 is 31.5 Å². The molecule has 2 atom stereocenters. The number of amides is 1. The summed E-state index contributed by atoms with van der Waals surface area (Å²) in [6.07, 6.45) is 1.99. The lowest BCUT2D eigenvalue weighted by Crippen LogP contribution is -2.53. The fourth-order valence-electron chi connectivity index (χ4n) is 4.93. The summed E-state index contributed by atoms with van der Waals surface area (Å²) in [7, 11) is -4.00. The average molecular weight is 539 g/mol. The molecule has 10 heteroatoms. The lowest BCUT2D eigenvalue weighted by atomic mass is 9.94. The molecule has 37 heavy (non-hydrogen) atoms. The monoisotopic (exact) mass is 538 g/mol. The van der Waals surface area contributed by atoms with E-state index in [0.29, 0.717) is 43.2 Å². The van der Waals surface area contributed by atoms with Crippen LogP contribution < -0.4 is 4.72 Å². The fourth-order valence-corrected chi connectivity index (χ4v) is 6.56. The Morgan fingerprint density at radius 1 is 1.14 bits per heavy atom. The van der Waals surface area contributed by atoms with Crippen molar-refractivity contribution in [2.75, 3.05) is 13.2 Å². The molecule has 1 amide bonds. The molecular formula is C27H33F3N2O4S. The van der Waals surface area contributed by atoms with Crippen LogP contribution in [0, 0.1) is 12.7 Å². The molecule has 1 saturated heterocycles. The van der Waals surface area contributed by atoms with E-state index in [9.17, 15) is 13.2 Å². The summed E-state index contributed by atoms with van der Waals surface area (Å²) in [6.45, 7) is 0.917. The minimum Gasteiger partial charge on any atom is -0.396 e. The number of hydrogen-bond donors (Lipinski definition) is 2. The van der Waals surface area contributed by atoms with Crippen LogP contribution in [0.4, 0.5) is 13.2 Å². The van der Waals surface area contributed by atoms with E-state index in [1.807, 2.05) is 19.1 Å². The molecule has 1 aliphatic heterocycles. The van der Waals surface area contributed by atoms with E-state index < -0.39 is 51.5 Å². The third kappa shape index (κ3) is 6.35. The van der Waals surface area contributed by atoms with Gasteiger partial charge in [0.15, 0.2) is 0 Å². The van der Waals surface area contributed by atoms with Gasteiger partial charge in [0.2, 0.25) is 15.9 Å². The summed E-state index contributed by atoms with van der Waals surface area (Å²) in [6, 6.07) is 8.87. The van der Waals surface area contributed by atoms with Crippen LogP contribution in [0.15, 0.2) is 42.5 Å². The van der Waals surface area contributed by atoms with Gasteiger partial charge in [-0.25, -0.2) is 26.3 Å². The van der Waals surface area contributed by atoms with Crippen molar-refractivity contribution in [3.8, 4) is 11.1 Å². The van der Waals surface area contributed by atoms with Crippen molar-refractivity contribution in [3.63, 3.8) is 0 Å². The number of nitrogens with one attached hydrogen (secondary N) is 1. The molecule has 1 saturated carbocycles. The Morgan fingerprint density at radius 2 is 1.86 bits per heavy atom. The second-order valence-corrected chi connectivity index (χ2v) is 12.1. The first kappa shape index (κ1) is 27.6. The van der Waals surface area contributed by atoms with E-state index in [0.717, 1.165) is 10.5 Å². The number of benzene rings is 2. The van der Waals surface area contributed by atoms with Crippen molar-refractivity contribution in [2.24, 2.45) is 0 Å². The largest absolute Gasteiger partial charge is 0.396 e. The lowest BCUT2D eigenvalue weighted by Gasteiger charge is -2.29. The second kappa shape index (κ2) is 11.1. The van der Waals surface area contributed by atoms with E-state index in [1.165, 1.54) is 6.07 Å². The maximum Gasteiger partial charge on any atom is 0.283 e. The molecule has 2 N–H and O–H groups in total. The summed E-state index contributed by atoms with van der Waals surface area (Å²) < 4.78 is 73.7. The molecule has 2 aromatic carbocycles. The van der Waals surface area contributed by atoms with Gasteiger partial charge in [0, 0.05) is 18.6 Å². The number of alkyl halides is 2. The maximum absolute atomic E-state index is 15.7. The molecule has 4 rings (SSSR count). The predicted octanol–water partition coefficient (Wildman–Crippen LogP) is 4.19. The molecular weight excluding hydrogens is 505 g/mol. The van der Waals surface area contributed by atoms with Gasteiger partial charge in [-0.3, -0.25) is 4.79 Å². The van der Waals surface area contributed by atoms with Gasteiger partial charge >= 0.3 is 0 Å². The number of likely N-dealkylation sites (tertiary alicyclic amines) is 1. The highest BCUT2D eigenvalue weighted by atomic mass is 32.2. The van der Waals surface area contributed by atoms with Gasteiger partial charge in [-0.1, -0.05) is 54.4 Å². The van der Waals surface area contributed by atoms with E-state index >= 15 is 13.2 Å². The number of aryl methyl sites for hydroxylation is 1. The van der Waals surface area contributed by atoms with Crippen molar-refractivity contribution in [1.29, 1.82) is 0 Å². The highest BCUT2D eigenvalue weighted by Crippen LogP contribution is 2.38. The van der Waals surface area contributed by atoms with Gasteiger partial charge in [0.25, 0.3) is 5.92 Å². The Labute approximate surface area is 215 Å². The molecule has 1 heterocycles. The third-order valence-electron chi connectivity index (χ3n) is 7.08. The fraction of sp³-hybridized carbons (Fsp3) is 0.519. The van der Waals surface area contributed by atoms with Crippen LogP contribution in [0.5, 0.6) is 0 Å². The average Bonchev–Trinajstić information content (AvgIpc) is 3.67. The minimum atomic E-state index is -4.00. The van der Waals surface area contributed by atoms with Gasteiger partial charge in [-0.2, -0.15) is 0 Å². The Balaban J connectivity index is 1.66. The molecule has 1 aliphatic carbocycles. The molecule has 6 nitrogen and oxygen atoms in total. The Bertz CT molecular complexity index is 1230. The van der Waals surface area contributed by atoms with Crippen molar-refractivity contribution >= 4 is 15.9 Å². The number of aliphatic hydroxyl groups excluding tert-OH is 1. The van der Waals surface area contributed by atoms with E-state index in [1.54, 1.807) is 24.3 Å². The SMILES string of the molecule is Cc1cccc(-c2cccc(C[C@H]3[C@@H](NS(=O)(=O)C4CC4)C(F)(F)CN3C(=O)CCCCCO)c2F)c1. The summed E-state index contributed by atoms with van der Waals surface area (Å²) >= 11 is 0. The molecule has 0 radical (unpaired) electrons. The standard InChI is InChI=1S/C27H33F3N2O4S/c1-18-7-5-8-19(15-18)22-10-6-9-20(25(22)28)16-23-26(31-37(35,36)21-12-13-21)27(29,30)17-32(23)24(34)11-3-2-4-14-33/h5-10,15,21,23,26,31,33H,2-4,11-14,16-17H2,1H3/t23-,26+/m0/s1. The molecule has 0 bridgehead atoms. The van der Waals surface area contributed by atoms with Crippen LogP contribution in [0.1, 0.15) is 49.7 Å². The quantitative estimate of drug-likeness (QED) is 0.420. The number of nitrogens with zero attached hydrogens (tertiary/aromatic N) is 1. The number of hydrogen-bond acceptors (Lipinski definition) is 4. The zero-order valence-corrected chi connectivity index (χ0v) is 21.6. The summed E-state index contributed by atoms with van der Waals surface area (Å²) in [4.78, 5) is 14.0. The summed E-state index contributed by atoms with van der Waals surface area (Å²) in [5.74, 6) is -4.63. The predicted molar refractivity (Wildman–Crippen MR) is 135 cm³/mol. The first-order valence-corrected chi connectivity index (χ1v) is 14.2. The molecule has 2 aromatic rings. The molecule has 202 valence electrons. The molecule has 2 aliphatic rings. The van der Waals surface area contributed by atoms with Crippen LogP contribution in [-0.2, 0) is 21.2 Å². The Hall–Kier alpha value is -2.43. The first-order valence-electron chi connectivity index (χ1n) is 12.7. The van der Waals surface area contributed by atoms with Crippen molar-refractivity contribution in [1.82, 2.24) is 9.62 Å². The van der Waals surface area contributed by atoms with Gasteiger partial charge < -0.3 is 10.0 Å². The molecule has 0 aromatic heterocycles. The summed E-state index contributed by atoms with van der Waals surface area (Å²) in [5.41, 5.74) is 2.02. The normalized spacial score (nSPS) is 21.4.